The third kappa shape index (κ3) is 4.73. The van der Waals surface area contributed by atoms with E-state index in [9.17, 15) is 4.79 Å². The fourth-order valence-electron chi connectivity index (χ4n) is 4.09. The number of methoxy groups -OCH3 is 1. The molecular formula is C23H25N5O3S2. The molecule has 8 nitrogen and oxygen atoms in total. The van der Waals surface area contributed by atoms with Crippen LogP contribution in [-0.4, -0.2) is 44.1 Å². The third-order valence-electron chi connectivity index (χ3n) is 5.69. The van der Waals surface area contributed by atoms with Crippen molar-refractivity contribution in [1.82, 2.24) is 24.7 Å². The van der Waals surface area contributed by atoms with Crippen molar-refractivity contribution in [2.24, 2.45) is 0 Å². The second-order valence-corrected chi connectivity index (χ2v) is 10.1. The lowest BCUT2D eigenvalue weighted by molar-refractivity contribution is 0.189. The predicted octanol–water partition coefficient (Wildman–Crippen LogP) is 4.15. The van der Waals surface area contributed by atoms with Crippen LogP contribution >= 0.6 is 23.1 Å². The normalized spacial score (nSPS) is 13.1. The van der Waals surface area contributed by atoms with Crippen LogP contribution in [0.25, 0.3) is 21.6 Å². The van der Waals surface area contributed by atoms with Crippen LogP contribution in [0.1, 0.15) is 35.6 Å². The maximum absolute atomic E-state index is 13.4. The van der Waals surface area contributed by atoms with Gasteiger partial charge < -0.3 is 9.26 Å². The molecular weight excluding hydrogens is 458 g/mol. The van der Waals surface area contributed by atoms with E-state index >= 15 is 0 Å². The van der Waals surface area contributed by atoms with E-state index in [1.54, 1.807) is 42.6 Å². The van der Waals surface area contributed by atoms with Crippen molar-refractivity contribution in [3.63, 3.8) is 0 Å². The molecule has 172 valence electrons. The highest BCUT2D eigenvalue weighted by molar-refractivity contribution is 7.99. The highest BCUT2D eigenvalue weighted by Crippen LogP contribution is 2.35. The number of thioether (sulfide) groups is 1. The van der Waals surface area contributed by atoms with E-state index in [0.29, 0.717) is 31.3 Å². The lowest BCUT2D eigenvalue weighted by atomic mass is 10.2. The van der Waals surface area contributed by atoms with Crippen molar-refractivity contribution in [3.05, 3.63) is 51.2 Å². The van der Waals surface area contributed by atoms with Gasteiger partial charge in [0.25, 0.3) is 5.56 Å². The Morgan fingerprint density at radius 2 is 2.09 bits per heavy atom. The molecule has 10 heteroatoms. The highest BCUT2D eigenvalue weighted by Gasteiger charge is 2.23. The first-order valence-electron chi connectivity index (χ1n) is 11.1. The van der Waals surface area contributed by atoms with E-state index in [2.05, 4.69) is 15.1 Å². The molecule has 0 unspecified atom stereocenters. The van der Waals surface area contributed by atoms with Gasteiger partial charge in [0.2, 0.25) is 11.7 Å². The quantitative estimate of drug-likeness (QED) is 0.189. The van der Waals surface area contributed by atoms with Gasteiger partial charge in [-0.15, -0.1) is 11.3 Å². The molecule has 0 amide bonds. The molecule has 0 saturated heterocycles. The number of hydrogen-bond donors (Lipinski definition) is 0. The Morgan fingerprint density at radius 1 is 1.21 bits per heavy atom. The Kier molecular flexibility index (Phi) is 6.84. The van der Waals surface area contributed by atoms with Gasteiger partial charge in [-0.1, -0.05) is 16.9 Å². The molecule has 0 radical (unpaired) electrons. The Labute approximate surface area is 199 Å². The molecule has 33 heavy (non-hydrogen) atoms. The average Bonchev–Trinajstić information content (AvgIpc) is 3.55. The van der Waals surface area contributed by atoms with E-state index in [1.165, 1.54) is 10.4 Å². The number of ether oxygens (including phenoxy) is 1. The summed E-state index contributed by atoms with van der Waals surface area (Å²) in [6, 6.07) is 3.71. The smallest absolute Gasteiger partial charge is 0.263 e. The summed E-state index contributed by atoms with van der Waals surface area (Å²) in [5, 5.41) is 5.68. The molecule has 1 aliphatic carbocycles. The number of pyridine rings is 1. The Bertz CT molecular complexity index is 1300. The maximum atomic E-state index is 13.4. The molecule has 0 spiro atoms. The maximum Gasteiger partial charge on any atom is 0.263 e. The van der Waals surface area contributed by atoms with Gasteiger partial charge in [0.15, 0.2) is 5.16 Å². The molecule has 4 aromatic rings. The largest absolute Gasteiger partial charge is 0.385 e. The lowest BCUT2D eigenvalue weighted by Crippen LogP contribution is -2.24. The number of hydrogen-bond acceptors (Lipinski definition) is 9. The summed E-state index contributed by atoms with van der Waals surface area (Å²) in [5.74, 6) is 1.99. The fourth-order valence-corrected chi connectivity index (χ4v) is 6.36. The van der Waals surface area contributed by atoms with Gasteiger partial charge in [-0.05, 0) is 49.8 Å². The van der Waals surface area contributed by atoms with Gasteiger partial charge in [0.1, 0.15) is 4.83 Å². The molecule has 1 aliphatic rings. The summed E-state index contributed by atoms with van der Waals surface area (Å²) in [6.07, 6.45) is 8.90. The molecule has 0 N–H and O–H groups in total. The minimum absolute atomic E-state index is 0.0943. The van der Waals surface area contributed by atoms with Crippen LogP contribution < -0.4 is 5.56 Å². The van der Waals surface area contributed by atoms with Gasteiger partial charge in [-0.25, -0.2) is 4.98 Å². The SMILES string of the molecule is COCCCn1c(SCCCc2nc(-c3ccncc3)no2)nc2sc3c(c2c1=O)CCC3. The van der Waals surface area contributed by atoms with Crippen molar-refractivity contribution in [3.8, 4) is 11.4 Å². The summed E-state index contributed by atoms with van der Waals surface area (Å²) in [6.45, 7) is 1.23. The number of aromatic nitrogens is 5. The molecule has 0 aromatic carbocycles. The molecule has 4 aromatic heterocycles. The summed E-state index contributed by atoms with van der Waals surface area (Å²) in [4.78, 5) is 29.0. The number of fused-ring (bicyclic) bond motifs is 3. The molecule has 4 heterocycles. The van der Waals surface area contributed by atoms with Crippen molar-refractivity contribution in [2.75, 3.05) is 19.5 Å². The van der Waals surface area contributed by atoms with E-state index in [-0.39, 0.29) is 5.56 Å². The van der Waals surface area contributed by atoms with Crippen LogP contribution in [0.4, 0.5) is 0 Å². The van der Waals surface area contributed by atoms with Crippen LogP contribution in [0.15, 0.2) is 39.0 Å². The van der Waals surface area contributed by atoms with Crippen LogP contribution in [0, 0.1) is 0 Å². The van der Waals surface area contributed by atoms with E-state index in [4.69, 9.17) is 14.2 Å². The first-order valence-corrected chi connectivity index (χ1v) is 12.9. The van der Waals surface area contributed by atoms with E-state index < -0.39 is 0 Å². The Morgan fingerprint density at radius 3 is 2.94 bits per heavy atom. The molecule has 0 atom stereocenters. The summed E-state index contributed by atoms with van der Waals surface area (Å²) < 4.78 is 12.4. The van der Waals surface area contributed by atoms with E-state index in [1.807, 2.05) is 16.7 Å². The summed E-state index contributed by atoms with van der Waals surface area (Å²) >= 11 is 3.31. The topological polar surface area (TPSA) is 95.9 Å². The number of aryl methyl sites for hydroxylation is 3. The van der Waals surface area contributed by atoms with Crippen molar-refractivity contribution in [1.29, 1.82) is 0 Å². The van der Waals surface area contributed by atoms with Crippen LogP contribution in [-0.2, 0) is 30.5 Å². The zero-order chi connectivity index (χ0) is 22.6. The third-order valence-corrected chi connectivity index (χ3v) is 7.94. The molecule has 0 aliphatic heterocycles. The number of nitrogens with zero attached hydrogens (tertiary/aromatic N) is 5. The van der Waals surface area contributed by atoms with Gasteiger partial charge in [-0.3, -0.25) is 14.3 Å². The van der Waals surface area contributed by atoms with E-state index in [0.717, 1.165) is 58.8 Å². The molecule has 5 rings (SSSR count). The standard InChI is InChI=1S/C23H25N5O3S2/c1-30-13-4-12-28-22(29)19-16-5-2-6-17(16)33-21(19)26-23(28)32-14-3-7-18-25-20(27-31-18)15-8-10-24-11-9-15/h8-11H,2-7,12-14H2,1H3. The minimum atomic E-state index is 0.0943. The summed E-state index contributed by atoms with van der Waals surface area (Å²) in [7, 11) is 1.68. The fraction of sp³-hybridized carbons (Fsp3) is 0.435. The van der Waals surface area contributed by atoms with Gasteiger partial charge in [-0.2, -0.15) is 4.98 Å². The van der Waals surface area contributed by atoms with Crippen LogP contribution in [0.3, 0.4) is 0 Å². The van der Waals surface area contributed by atoms with Crippen molar-refractivity contribution in [2.45, 2.75) is 50.2 Å². The Hall–Kier alpha value is -2.56. The number of thiophene rings is 1. The first-order chi connectivity index (χ1) is 16.2. The lowest BCUT2D eigenvalue weighted by Gasteiger charge is -2.12. The average molecular weight is 484 g/mol. The van der Waals surface area contributed by atoms with Crippen molar-refractivity contribution < 1.29 is 9.26 Å². The van der Waals surface area contributed by atoms with Crippen LogP contribution in [0.5, 0.6) is 0 Å². The second-order valence-electron chi connectivity index (χ2n) is 7.93. The second kappa shape index (κ2) is 10.1. The highest BCUT2D eigenvalue weighted by atomic mass is 32.2. The predicted molar refractivity (Wildman–Crippen MR) is 129 cm³/mol. The molecule has 0 bridgehead atoms. The first kappa shape index (κ1) is 22.2. The summed E-state index contributed by atoms with van der Waals surface area (Å²) in [5.41, 5.74) is 2.21. The minimum Gasteiger partial charge on any atom is -0.385 e. The van der Waals surface area contributed by atoms with Gasteiger partial charge >= 0.3 is 0 Å². The monoisotopic (exact) mass is 483 g/mol. The van der Waals surface area contributed by atoms with Crippen LogP contribution in [0.2, 0.25) is 0 Å². The Balaban J connectivity index is 1.28. The van der Waals surface area contributed by atoms with Crippen molar-refractivity contribution >= 4 is 33.3 Å². The number of rotatable bonds is 10. The van der Waals surface area contributed by atoms with Gasteiger partial charge in [0.05, 0.1) is 5.39 Å². The zero-order valence-corrected chi connectivity index (χ0v) is 20.1. The zero-order valence-electron chi connectivity index (χ0n) is 18.5. The molecule has 0 saturated carbocycles. The molecule has 0 fully saturated rings. The van der Waals surface area contributed by atoms with Gasteiger partial charge in [0, 0.05) is 55.3 Å².